The Labute approximate surface area is 213 Å². The third kappa shape index (κ3) is 3.57. The quantitative estimate of drug-likeness (QED) is 0.272. The highest BCUT2D eigenvalue weighted by atomic mass is 35.5. The minimum Gasteiger partial charge on any atom is -0.368 e. The van der Waals surface area contributed by atoms with E-state index in [9.17, 15) is 0 Å². The molecule has 0 spiro atoms. The standard InChI is InChI=1S/C29H25ClN6/c30-20-5-1-17(2-6-20)27(23-15-35-25-13-18(3-7-21(23)25)28-31-9-10-32-28)24-16-36-26-14-19(4-8-22(24)26)29-33-11-12-34-29/h1-8,13-16,27,35-36H,9-12H2,(H,31,32)(H,33,34). The Balaban J connectivity index is 1.37. The highest BCUT2D eigenvalue weighted by Crippen LogP contribution is 2.40. The molecule has 5 aromatic rings. The third-order valence-electron chi connectivity index (χ3n) is 7.15. The number of hydrogen-bond donors (Lipinski definition) is 4. The molecule has 2 aromatic heterocycles. The van der Waals surface area contributed by atoms with Crippen LogP contribution in [0.25, 0.3) is 21.8 Å². The molecule has 0 unspecified atom stereocenters. The maximum absolute atomic E-state index is 6.27. The van der Waals surface area contributed by atoms with Crippen molar-refractivity contribution in [3.8, 4) is 0 Å². The van der Waals surface area contributed by atoms with Gasteiger partial charge in [0.2, 0.25) is 0 Å². The average Bonchev–Trinajstić information content (AvgIpc) is 3.73. The van der Waals surface area contributed by atoms with Gasteiger partial charge in [0.05, 0.1) is 13.1 Å². The van der Waals surface area contributed by atoms with Crippen LogP contribution < -0.4 is 10.6 Å². The Morgan fingerprint density at radius 2 is 1.19 bits per heavy atom. The number of aromatic amines is 2. The van der Waals surface area contributed by atoms with Crippen LogP contribution in [0.3, 0.4) is 0 Å². The first kappa shape index (κ1) is 21.3. The van der Waals surface area contributed by atoms with E-state index in [1.807, 2.05) is 12.1 Å². The number of nitrogens with zero attached hydrogens (tertiary/aromatic N) is 2. The number of aliphatic imine (C=N–C) groups is 2. The van der Waals surface area contributed by atoms with E-state index in [2.05, 4.69) is 91.5 Å². The molecule has 178 valence electrons. The number of H-pyrrole nitrogens is 2. The van der Waals surface area contributed by atoms with Gasteiger partial charge < -0.3 is 20.6 Å². The van der Waals surface area contributed by atoms with Crippen molar-refractivity contribution in [3.05, 3.63) is 106 Å². The number of nitrogens with one attached hydrogen (secondary N) is 4. The number of aromatic nitrogens is 2. The largest absolute Gasteiger partial charge is 0.368 e. The number of fused-ring (bicyclic) bond motifs is 2. The van der Waals surface area contributed by atoms with Crippen LogP contribution in [0, 0.1) is 0 Å². The zero-order valence-corrected chi connectivity index (χ0v) is 20.4. The predicted octanol–water partition coefficient (Wildman–Crippen LogP) is 5.18. The number of halogens is 1. The predicted molar refractivity (Wildman–Crippen MR) is 148 cm³/mol. The molecule has 2 aliphatic heterocycles. The van der Waals surface area contributed by atoms with Gasteiger partial charge >= 0.3 is 0 Å². The summed E-state index contributed by atoms with van der Waals surface area (Å²) < 4.78 is 0. The van der Waals surface area contributed by atoms with Gasteiger partial charge in [0.25, 0.3) is 0 Å². The minimum atomic E-state index is 0.0327. The van der Waals surface area contributed by atoms with Gasteiger partial charge in [-0.2, -0.15) is 0 Å². The van der Waals surface area contributed by atoms with Crippen molar-refractivity contribution in [3.63, 3.8) is 0 Å². The van der Waals surface area contributed by atoms with Crippen molar-refractivity contribution in [1.82, 2.24) is 20.6 Å². The van der Waals surface area contributed by atoms with Gasteiger partial charge in [-0.05, 0) is 41.0 Å². The topological polar surface area (TPSA) is 80.4 Å². The second-order valence-corrected chi connectivity index (χ2v) is 9.74. The lowest BCUT2D eigenvalue weighted by molar-refractivity contribution is 0.960. The monoisotopic (exact) mass is 492 g/mol. The first-order chi connectivity index (χ1) is 17.7. The molecule has 0 fully saturated rings. The first-order valence-corrected chi connectivity index (χ1v) is 12.7. The Hall–Kier alpha value is -4.03. The van der Waals surface area contributed by atoms with Crippen molar-refractivity contribution in [2.24, 2.45) is 9.98 Å². The lowest BCUT2D eigenvalue weighted by Crippen LogP contribution is -2.19. The van der Waals surface area contributed by atoms with Crippen LogP contribution in [-0.2, 0) is 0 Å². The minimum absolute atomic E-state index is 0.0327. The summed E-state index contributed by atoms with van der Waals surface area (Å²) in [4.78, 5) is 16.2. The third-order valence-corrected chi connectivity index (χ3v) is 7.40. The van der Waals surface area contributed by atoms with Crippen LogP contribution in [0.4, 0.5) is 0 Å². The van der Waals surface area contributed by atoms with E-state index < -0.39 is 0 Å². The zero-order chi connectivity index (χ0) is 24.1. The van der Waals surface area contributed by atoms with Gasteiger partial charge in [-0.3, -0.25) is 9.98 Å². The summed E-state index contributed by atoms with van der Waals surface area (Å²) in [5, 5.41) is 9.88. The van der Waals surface area contributed by atoms with Crippen LogP contribution >= 0.6 is 11.6 Å². The Kier molecular flexibility index (Phi) is 5.06. The van der Waals surface area contributed by atoms with E-state index in [1.54, 1.807) is 0 Å². The molecule has 7 rings (SSSR count). The lowest BCUT2D eigenvalue weighted by Gasteiger charge is -2.18. The lowest BCUT2D eigenvalue weighted by atomic mass is 9.84. The van der Waals surface area contributed by atoms with E-state index in [4.69, 9.17) is 11.6 Å². The summed E-state index contributed by atoms with van der Waals surface area (Å²) in [5.41, 5.74) is 8.08. The maximum atomic E-state index is 6.27. The molecule has 0 aliphatic carbocycles. The fourth-order valence-electron chi connectivity index (χ4n) is 5.43. The Morgan fingerprint density at radius 3 is 1.67 bits per heavy atom. The molecule has 0 atom stereocenters. The van der Waals surface area contributed by atoms with Crippen molar-refractivity contribution in [2.75, 3.05) is 26.2 Å². The second-order valence-electron chi connectivity index (χ2n) is 9.31. The molecule has 2 aliphatic rings. The fourth-order valence-corrected chi connectivity index (χ4v) is 5.56. The number of benzene rings is 3. The van der Waals surface area contributed by atoms with Crippen LogP contribution in [0.1, 0.15) is 33.7 Å². The molecule has 6 nitrogen and oxygen atoms in total. The zero-order valence-electron chi connectivity index (χ0n) is 19.6. The molecule has 4 N–H and O–H groups in total. The van der Waals surface area contributed by atoms with Crippen molar-refractivity contribution >= 4 is 45.1 Å². The van der Waals surface area contributed by atoms with Crippen molar-refractivity contribution in [1.29, 1.82) is 0 Å². The molecular formula is C29H25ClN6. The Bertz CT molecular complexity index is 1550. The summed E-state index contributed by atoms with van der Waals surface area (Å²) in [6.07, 6.45) is 4.28. The Morgan fingerprint density at radius 1 is 0.667 bits per heavy atom. The summed E-state index contributed by atoms with van der Waals surface area (Å²) in [7, 11) is 0. The highest BCUT2D eigenvalue weighted by molar-refractivity contribution is 6.30. The number of rotatable bonds is 5. The van der Waals surface area contributed by atoms with Crippen molar-refractivity contribution in [2.45, 2.75) is 5.92 Å². The molecule has 3 aromatic carbocycles. The summed E-state index contributed by atoms with van der Waals surface area (Å²) in [6.45, 7) is 3.45. The molecule has 7 heteroatoms. The van der Waals surface area contributed by atoms with Gasteiger partial charge in [-0.1, -0.05) is 48.0 Å². The molecule has 0 bridgehead atoms. The molecule has 36 heavy (non-hydrogen) atoms. The molecule has 0 saturated carbocycles. The van der Waals surface area contributed by atoms with Crippen LogP contribution in [0.2, 0.25) is 5.02 Å². The van der Waals surface area contributed by atoms with E-state index in [0.717, 1.165) is 65.0 Å². The van der Waals surface area contributed by atoms with Crippen LogP contribution in [0.5, 0.6) is 0 Å². The number of amidine groups is 2. The van der Waals surface area contributed by atoms with E-state index in [0.29, 0.717) is 0 Å². The van der Waals surface area contributed by atoms with Gasteiger partial charge in [0, 0.05) is 69.4 Å². The number of hydrogen-bond acceptors (Lipinski definition) is 4. The SMILES string of the molecule is Clc1ccc(C(c2c[nH]c3cc(C4=NCCN4)ccc23)c2c[nH]c3cc(C4=NCCN4)ccc23)cc1. The molecule has 0 saturated heterocycles. The second kappa shape index (κ2) is 8.57. The van der Waals surface area contributed by atoms with Crippen molar-refractivity contribution < 1.29 is 0 Å². The van der Waals surface area contributed by atoms with E-state index >= 15 is 0 Å². The summed E-state index contributed by atoms with van der Waals surface area (Å²) in [5.74, 6) is 1.97. The summed E-state index contributed by atoms with van der Waals surface area (Å²) >= 11 is 6.27. The molecule has 4 heterocycles. The van der Waals surface area contributed by atoms with E-state index in [-0.39, 0.29) is 5.92 Å². The summed E-state index contributed by atoms with van der Waals surface area (Å²) in [6, 6.07) is 21.3. The van der Waals surface area contributed by atoms with Gasteiger partial charge in [-0.25, -0.2) is 0 Å². The smallest absolute Gasteiger partial charge is 0.128 e. The fraction of sp³-hybridized carbons (Fsp3) is 0.172. The van der Waals surface area contributed by atoms with Gasteiger partial charge in [0.1, 0.15) is 11.7 Å². The first-order valence-electron chi connectivity index (χ1n) is 12.3. The maximum Gasteiger partial charge on any atom is 0.128 e. The van der Waals surface area contributed by atoms with E-state index in [1.165, 1.54) is 27.5 Å². The van der Waals surface area contributed by atoms with Crippen LogP contribution in [-0.4, -0.2) is 47.8 Å². The molecule has 0 radical (unpaired) electrons. The average molecular weight is 493 g/mol. The highest BCUT2D eigenvalue weighted by Gasteiger charge is 2.24. The van der Waals surface area contributed by atoms with Gasteiger partial charge in [-0.15, -0.1) is 0 Å². The molecule has 0 amide bonds. The van der Waals surface area contributed by atoms with Gasteiger partial charge in [0.15, 0.2) is 0 Å². The normalized spacial score (nSPS) is 15.4. The van der Waals surface area contributed by atoms with Crippen LogP contribution in [0.15, 0.2) is 83.0 Å². The molecular weight excluding hydrogens is 468 g/mol.